The Bertz CT molecular complexity index is 939. The summed E-state index contributed by atoms with van der Waals surface area (Å²) in [6.45, 7) is 2.79. The zero-order valence-electron chi connectivity index (χ0n) is 22.8. The monoisotopic (exact) mass is 529 g/mol. The summed E-state index contributed by atoms with van der Waals surface area (Å²) in [5.74, 6) is -6.60. The molecule has 2 N–H and O–H groups in total. The molecule has 0 fully saturated rings. The number of benzene rings is 2. The molecule has 7 heteroatoms. The molecule has 0 saturated carbocycles. The highest BCUT2D eigenvalue weighted by atomic mass is 19.2. The number of rotatable bonds is 21. The first-order valence-electron chi connectivity index (χ1n) is 14.2. The van der Waals surface area contributed by atoms with Crippen molar-refractivity contribution in [3.8, 4) is 11.5 Å². The molecule has 1 unspecified atom stereocenters. The van der Waals surface area contributed by atoms with Crippen LogP contribution >= 0.6 is 0 Å². The fourth-order valence-electron chi connectivity index (χ4n) is 4.20. The van der Waals surface area contributed by atoms with Gasteiger partial charge in [-0.25, -0.2) is 4.79 Å². The smallest absolute Gasteiger partial charge is 0.425 e. The first kappa shape index (κ1) is 31.1. The summed E-state index contributed by atoms with van der Waals surface area (Å²) in [7, 11) is 0. The molecule has 0 aromatic heterocycles. The standard InChI is InChI=1S/C31H44FNO5/c1-2-3-4-5-6-7-8-9-10-11-12-13-14-18-24-37-28-23-19-20-26(25-28)33-29(34)31(32,30(35)36)38-27-21-16-15-17-22-27/h15-17,19-23,25H,2-14,18,24H2,1H3,(H,33,34)(H,35,36). The average Bonchev–Trinajstić information content (AvgIpc) is 2.91. The van der Waals surface area contributed by atoms with E-state index in [1.807, 2.05) is 0 Å². The fourth-order valence-corrected chi connectivity index (χ4v) is 4.20. The topological polar surface area (TPSA) is 84.9 Å². The van der Waals surface area contributed by atoms with E-state index in [0.29, 0.717) is 12.4 Å². The second-order valence-electron chi connectivity index (χ2n) is 9.74. The highest BCUT2D eigenvalue weighted by Crippen LogP contribution is 2.24. The number of alkyl halides is 1. The minimum absolute atomic E-state index is 0.0715. The summed E-state index contributed by atoms with van der Waals surface area (Å²) in [5.41, 5.74) is 0.216. The van der Waals surface area contributed by atoms with E-state index in [4.69, 9.17) is 9.47 Å². The van der Waals surface area contributed by atoms with Gasteiger partial charge in [-0.05, 0) is 30.7 Å². The van der Waals surface area contributed by atoms with E-state index in [9.17, 15) is 14.7 Å². The number of nitrogens with one attached hydrogen (secondary N) is 1. The maximum Gasteiger partial charge on any atom is 0.425 e. The van der Waals surface area contributed by atoms with Crippen molar-refractivity contribution in [2.75, 3.05) is 11.9 Å². The van der Waals surface area contributed by atoms with Gasteiger partial charge in [-0.3, -0.25) is 4.79 Å². The van der Waals surface area contributed by atoms with Gasteiger partial charge in [0.25, 0.3) is 0 Å². The van der Waals surface area contributed by atoms with Crippen LogP contribution in [0, 0.1) is 0 Å². The van der Waals surface area contributed by atoms with E-state index in [1.54, 1.807) is 30.3 Å². The Kier molecular flexibility index (Phi) is 14.9. The number of para-hydroxylation sites is 1. The van der Waals surface area contributed by atoms with E-state index in [1.165, 1.54) is 101 Å². The molecule has 6 nitrogen and oxygen atoms in total. The molecule has 210 valence electrons. The van der Waals surface area contributed by atoms with Gasteiger partial charge >= 0.3 is 17.7 Å². The Morgan fingerprint density at radius 2 is 1.29 bits per heavy atom. The molecule has 2 aromatic rings. The van der Waals surface area contributed by atoms with Gasteiger partial charge in [0, 0.05) is 11.8 Å². The van der Waals surface area contributed by atoms with Crippen molar-refractivity contribution < 1.29 is 28.6 Å². The molecular formula is C31H44FNO5. The van der Waals surface area contributed by atoms with Crippen molar-refractivity contribution in [2.24, 2.45) is 0 Å². The van der Waals surface area contributed by atoms with Crippen molar-refractivity contribution in [1.29, 1.82) is 0 Å². The molecule has 0 aliphatic heterocycles. The molecule has 0 aliphatic carbocycles. The highest BCUT2D eigenvalue weighted by molar-refractivity contribution is 6.10. The van der Waals surface area contributed by atoms with Crippen LogP contribution < -0.4 is 14.8 Å². The number of anilines is 1. The van der Waals surface area contributed by atoms with Crippen molar-refractivity contribution in [3.05, 3.63) is 54.6 Å². The van der Waals surface area contributed by atoms with Crippen LogP contribution in [0.1, 0.15) is 96.8 Å². The molecule has 0 aliphatic rings. The lowest BCUT2D eigenvalue weighted by Gasteiger charge is -2.21. The SMILES string of the molecule is CCCCCCCCCCCCCCCCOc1cccc(NC(=O)C(F)(Oc2ccccc2)C(=O)O)c1. The third-order valence-corrected chi connectivity index (χ3v) is 6.43. The van der Waals surface area contributed by atoms with E-state index >= 15 is 4.39 Å². The summed E-state index contributed by atoms with van der Waals surface area (Å²) in [6, 6.07) is 14.0. The number of hydrogen-bond donors (Lipinski definition) is 2. The minimum atomic E-state index is -3.58. The summed E-state index contributed by atoms with van der Waals surface area (Å²) >= 11 is 0. The number of carboxylic acid groups (broad SMARTS) is 1. The number of unbranched alkanes of at least 4 members (excludes halogenated alkanes) is 13. The van der Waals surface area contributed by atoms with Crippen LogP contribution in [0.2, 0.25) is 0 Å². The lowest BCUT2D eigenvalue weighted by molar-refractivity contribution is -0.178. The minimum Gasteiger partial charge on any atom is -0.494 e. The Labute approximate surface area is 226 Å². The van der Waals surface area contributed by atoms with Crippen molar-refractivity contribution in [1.82, 2.24) is 0 Å². The van der Waals surface area contributed by atoms with E-state index in [0.717, 1.165) is 12.8 Å². The Balaban J connectivity index is 1.62. The van der Waals surface area contributed by atoms with Gasteiger partial charge in [-0.2, -0.15) is 4.39 Å². The molecule has 0 bridgehead atoms. The number of carboxylic acids is 1. The predicted molar refractivity (Wildman–Crippen MR) is 149 cm³/mol. The van der Waals surface area contributed by atoms with Gasteiger partial charge in [-0.1, -0.05) is 115 Å². The number of ether oxygens (including phenoxy) is 2. The first-order valence-corrected chi connectivity index (χ1v) is 14.2. The maximum absolute atomic E-state index is 15.0. The van der Waals surface area contributed by atoms with Gasteiger partial charge < -0.3 is 19.9 Å². The molecule has 38 heavy (non-hydrogen) atoms. The highest BCUT2D eigenvalue weighted by Gasteiger charge is 2.50. The van der Waals surface area contributed by atoms with Gasteiger partial charge in [-0.15, -0.1) is 0 Å². The number of halogens is 1. The van der Waals surface area contributed by atoms with Gasteiger partial charge in [0.1, 0.15) is 11.5 Å². The number of hydrogen-bond acceptors (Lipinski definition) is 4. The number of aliphatic carboxylic acids is 1. The van der Waals surface area contributed by atoms with Crippen LogP contribution in [0.5, 0.6) is 11.5 Å². The van der Waals surface area contributed by atoms with Crippen LogP contribution in [0.25, 0.3) is 0 Å². The number of carbonyl (C=O) groups is 2. The van der Waals surface area contributed by atoms with E-state index in [-0.39, 0.29) is 11.4 Å². The fraction of sp³-hybridized carbons (Fsp3) is 0.548. The third kappa shape index (κ3) is 12.0. The van der Waals surface area contributed by atoms with Crippen LogP contribution in [0.3, 0.4) is 0 Å². The van der Waals surface area contributed by atoms with Gasteiger partial charge in [0.2, 0.25) is 0 Å². The molecule has 1 atom stereocenters. The summed E-state index contributed by atoms with van der Waals surface area (Å²) < 4.78 is 25.7. The number of carbonyl (C=O) groups excluding carboxylic acids is 1. The van der Waals surface area contributed by atoms with Crippen LogP contribution in [-0.2, 0) is 9.59 Å². The molecule has 0 radical (unpaired) electrons. The summed E-state index contributed by atoms with van der Waals surface area (Å²) in [5, 5.41) is 11.6. The third-order valence-electron chi connectivity index (χ3n) is 6.43. The second-order valence-corrected chi connectivity index (χ2v) is 9.74. The lowest BCUT2D eigenvalue weighted by atomic mass is 10.0. The maximum atomic E-state index is 15.0. The number of amides is 1. The quantitative estimate of drug-likeness (QED) is 0.125. The molecular weight excluding hydrogens is 485 g/mol. The van der Waals surface area contributed by atoms with Crippen LogP contribution in [0.15, 0.2) is 54.6 Å². The summed E-state index contributed by atoms with van der Waals surface area (Å²) in [4.78, 5) is 24.0. The second kappa shape index (κ2) is 18.2. The lowest BCUT2D eigenvalue weighted by Crippen LogP contribution is -2.50. The summed E-state index contributed by atoms with van der Waals surface area (Å²) in [6.07, 6.45) is 18.0. The van der Waals surface area contributed by atoms with Gasteiger partial charge in [0.05, 0.1) is 6.61 Å². The van der Waals surface area contributed by atoms with Crippen LogP contribution in [0.4, 0.5) is 10.1 Å². The Hall–Kier alpha value is -3.09. The molecule has 2 rings (SSSR count). The molecule has 0 saturated heterocycles. The van der Waals surface area contributed by atoms with Crippen molar-refractivity contribution in [3.63, 3.8) is 0 Å². The van der Waals surface area contributed by atoms with E-state index < -0.39 is 17.7 Å². The molecule has 2 aromatic carbocycles. The Morgan fingerprint density at radius 1 is 0.763 bits per heavy atom. The van der Waals surface area contributed by atoms with Crippen molar-refractivity contribution >= 4 is 17.6 Å². The van der Waals surface area contributed by atoms with Crippen molar-refractivity contribution in [2.45, 2.75) is 103 Å². The van der Waals surface area contributed by atoms with E-state index in [2.05, 4.69) is 12.2 Å². The molecule has 0 spiro atoms. The molecule has 0 heterocycles. The predicted octanol–water partition coefficient (Wildman–Crippen LogP) is 8.31. The normalized spacial score (nSPS) is 12.5. The zero-order chi connectivity index (χ0) is 27.5. The first-order chi connectivity index (χ1) is 18.5. The van der Waals surface area contributed by atoms with Gasteiger partial charge in [0.15, 0.2) is 0 Å². The largest absolute Gasteiger partial charge is 0.494 e. The molecule has 1 amide bonds. The zero-order valence-corrected chi connectivity index (χ0v) is 22.8. The Morgan fingerprint density at radius 3 is 1.84 bits per heavy atom. The average molecular weight is 530 g/mol. The van der Waals surface area contributed by atoms with Crippen LogP contribution in [-0.4, -0.2) is 29.4 Å².